The van der Waals surface area contributed by atoms with E-state index in [1.165, 1.54) is 0 Å². The summed E-state index contributed by atoms with van der Waals surface area (Å²) in [5.74, 6) is -2.79. The summed E-state index contributed by atoms with van der Waals surface area (Å²) in [4.78, 5) is 38.1. The van der Waals surface area contributed by atoms with Gasteiger partial charge in [0.05, 0.1) is 19.6 Å². The first kappa shape index (κ1) is 24.2. The SMILES string of the molecule is O=C(O)CN1CCNCCN(CC(=O)O)CCN(CC(=O)O)CC1.[NaH]. The molecular formula is C14H27N4NaO6. The average Bonchev–Trinajstić information content (AvgIpc) is 2.45. The van der Waals surface area contributed by atoms with Crippen molar-refractivity contribution >= 4 is 47.5 Å². The predicted octanol–water partition coefficient (Wildman–Crippen LogP) is -2.90. The molecule has 1 saturated heterocycles. The molecule has 0 unspecified atom stereocenters. The zero-order valence-electron chi connectivity index (χ0n) is 13.7. The standard InChI is InChI=1S/C14H26N4O6.Na.H/c19-12(20)9-16-3-1-15-2-4-17(10-13(21)22)6-8-18(7-5-16)11-14(23)24;;/h15H,1-11H2,(H,19,20)(H,21,22)(H,23,24);;. The second kappa shape index (κ2) is 13.5. The van der Waals surface area contributed by atoms with Crippen LogP contribution < -0.4 is 5.32 Å². The van der Waals surface area contributed by atoms with E-state index in [1.807, 2.05) is 0 Å². The maximum absolute atomic E-state index is 11.0. The van der Waals surface area contributed by atoms with Gasteiger partial charge in [-0.2, -0.15) is 0 Å². The molecule has 0 amide bonds. The molecule has 0 aromatic carbocycles. The van der Waals surface area contributed by atoms with Crippen molar-refractivity contribution < 1.29 is 29.7 Å². The number of carboxylic acid groups (broad SMARTS) is 3. The van der Waals surface area contributed by atoms with Gasteiger partial charge in [0, 0.05) is 52.4 Å². The Morgan fingerprint density at radius 2 is 0.920 bits per heavy atom. The number of nitrogens with one attached hydrogen (secondary N) is 1. The number of rotatable bonds is 6. The third kappa shape index (κ3) is 12.3. The maximum atomic E-state index is 11.0. The van der Waals surface area contributed by atoms with Crippen molar-refractivity contribution in [3.8, 4) is 0 Å². The zero-order chi connectivity index (χ0) is 17.9. The van der Waals surface area contributed by atoms with Gasteiger partial charge >= 0.3 is 47.5 Å². The Kier molecular flexibility index (Phi) is 13.0. The van der Waals surface area contributed by atoms with Crippen LogP contribution in [-0.4, -0.2) is 149 Å². The molecule has 0 radical (unpaired) electrons. The first-order chi connectivity index (χ1) is 11.4. The van der Waals surface area contributed by atoms with Gasteiger partial charge in [-0.3, -0.25) is 29.1 Å². The molecule has 1 aliphatic heterocycles. The first-order valence-electron chi connectivity index (χ1n) is 7.90. The number of nitrogens with zero attached hydrogens (tertiary/aromatic N) is 3. The Balaban J connectivity index is 0.00000576. The fraction of sp³-hybridized carbons (Fsp3) is 0.786. The number of aliphatic carboxylic acids is 3. The van der Waals surface area contributed by atoms with Crippen LogP contribution in [0, 0.1) is 0 Å². The van der Waals surface area contributed by atoms with Crippen LogP contribution in [0.15, 0.2) is 0 Å². The molecule has 10 nitrogen and oxygen atoms in total. The molecule has 0 saturated carbocycles. The fourth-order valence-corrected chi connectivity index (χ4v) is 2.55. The predicted molar refractivity (Wildman–Crippen MR) is 92.2 cm³/mol. The van der Waals surface area contributed by atoms with Crippen molar-refractivity contribution in [2.24, 2.45) is 0 Å². The average molecular weight is 370 g/mol. The molecule has 1 rings (SSSR count). The van der Waals surface area contributed by atoms with E-state index in [0.29, 0.717) is 52.4 Å². The Morgan fingerprint density at radius 1 is 0.640 bits per heavy atom. The molecular weight excluding hydrogens is 343 g/mol. The molecule has 0 aliphatic carbocycles. The molecule has 4 N–H and O–H groups in total. The molecule has 0 atom stereocenters. The van der Waals surface area contributed by atoms with Crippen molar-refractivity contribution in [2.45, 2.75) is 0 Å². The quantitative estimate of drug-likeness (QED) is 0.361. The summed E-state index contributed by atoms with van der Waals surface area (Å²) in [6.07, 6.45) is 0. The Morgan fingerprint density at radius 3 is 1.20 bits per heavy atom. The van der Waals surface area contributed by atoms with Gasteiger partial charge in [0.2, 0.25) is 0 Å². The van der Waals surface area contributed by atoms with Crippen LogP contribution in [0.25, 0.3) is 0 Å². The monoisotopic (exact) mass is 370 g/mol. The van der Waals surface area contributed by atoms with E-state index in [9.17, 15) is 14.4 Å². The van der Waals surface area contributed by atoms with Crippen molar-refractivity contribution in [1.29, 1.82) is 0 Å². The third-order valence-electron chi connectivity index (χ3n) is 3.75. The van der Waals surface area contributed by atoms with Gasteiger partial charge in [0.25, 0.3) is 0 Å². The van der Waals surface area contributed by atoms with E-state index < -0.39 is 17.9 Å². The van der Waals surface area contributed by atoms with Crippen LogP contribution in [0.4, 0.5) is 0 Å². The first-order valence-corrected chi connectivity index (χ1v) is 7.90. The van der Waals surface area contributed by atoms with Crippen molar-refractivity contribution in [1.82, 2.24) is 20.0 Å². The molecule has 0 spiro atoms. The molecule has 1 aliphatic rings. The molecule has 1 heterocycles. The van der Waals surface area contributed by atoms with Crippen molar-refractivity contribution in [3.05, 3.63) is 0 Å². The van der Waals surface area contributed by atoms with Crippen LogP contribution in [0.3, 0.4) is 0 Å². The Bertz CT molecular complexity index is 410. The van der Waals surface area contributed by atoms with Crippen LogP contribution in [0.2, 0.25) is 0 Å². The third-order valence-corrected chi connectivity index (χ3v) is 3.75. The molecule has 11 heteroatoms. The minimum absolute atomic E-state index is 0. The summed E-state index contributed by atoms with van der Waals surface area (Å²) < 4.78 is 0. The van der Waals surface area contributed by atoms with Crippen LogP contribution >= 0.6 is 0 Å². The number of carboxylic acids is 3. The van der Waals surface area contributed by atoms with E-state index >= 15 is 0 Å². The second-order valence-electron chi connectivity index (χ2n) is 5.76. The Hall–Kier alpha value is -0.750. The van der Waals surface area contributed by atoms with Crippen molar-refractivity contribution in [3.63, 3.8) is 0 Å². The van der Waals surface area contributed by atoms with E-state index in [1.54, 1.807) is 14.7 Å². The number of carbonyl (C=O) groups is 3. The molecule has 25 heavy (non-hydrogen) atoms. The number of hydrogen-bond acceptors (Lipinski definition) is 7. The fourth-order valence-electron chi connectivity index (χ4n) is 2.55. The molecule has 1 fully saturated rings. The molecule has 0 bridgehead atoms. The van der Waals surface area contributed by atoms with E-state index in [-0.39, 0.29) is 49.2 Å². The van der Waals surface area contributed by atoms with Crippen LogP contribution in [-0.2, 0) is 14.4 Å². The summed E-state index contributed by atoms with van der Waals surface area (Å²) in [7, 11) is 0. The Labute approximate surface area is 169 Å². The molecule has 140 valence electrons. The summed E-state index contributed by atoms with van der Waals surface area (Å²) in [6, 6.07) is 0. The molecule has 0 aromatic rings. The minimum atomic E-state index is -0.960. The summed E-state index contributed by atoms with van der Waals surface area (Å²) in [5, 5.41) is 30.1. The zero-order valence-corrected chi connectivity index (χ0v) is 13.7. The van der Waals surface area contributed by atoms with Crippen molar-refractivity contribution in [2.75, 3.05) is 72.0 Å². The van der Waals surface area contributed by atoms with E-state index in [2.05, 4.69) is 5.32 Å². The van der Waals surface area contributed by atoms with Gasteiger partial charge in [0.1, 0.15) is 0 Å². The van der Waals surface area contributed by atoms with E-state index in [4.69, 9.17) is 15.3 Å². The summed E-state index contributed by atoms with van der Waals surface area (Å²) in [6.45, 7) is 3.64. The van der Waals surface area contributed by atoms with Gasteiger partial charge < -0.3 is 20.6 Å². The van der Waals surface area contributed by atoms with Gasteiger partial charge in [-0.1, -0.05) is 0 Å². The summed E-state index contributed by atoms with van der Waals surface area (Å²) >= 11 is 0. The van der Waals surface area contributed by atoms with Gasteiger partial charge in [0.15, 0.2) is 0 Å². The van der Waals surface area contributed by atoms with E-state index in [0.717, 1.165) is 0 Å². The van der Waals surface area contributed by atoms with Gasteiger partial charge in [-0.05, 0) is 0 Å². The number of hydrogen-bond donors (Lipinski definition) is 4. The topological polar surface area (TPSA) is 134 Å². The van der Waals surface area contributed by atoms with Gasteiger partial charge in [-0.25, -0.2) is 0 Å². The summed E-state index contributed by atoms with van der Waals surface area (Å²) in [5.41, 5.74) is 0. The van der Waals surface area contributed by atoms with Crippen LogP contribution in [0.5, 0.6) is 0 Å². The second-order valence-corrected chi connectivity index (χ2v) is 5.76. The van der Waals surface area contributed by atoms with Crippen LogP contribution in [0.1, 0.15) is 0 Å². The van der Waals surface area contributed by atoms with Gasteiger partial charge in [-0.15, -0.1) is 0 Å². The normalized spacial score (nSPS) is 19.2. The molecule has 0 aromatic heterocycles.